The Morgan fingerprint density at radius 2 is 1.74 bits per heavy atom. The number of benzene rings is 2. The molecule has 1 saturated carbocycles. The van der Waals surface area contributed by atoms with Gasteiger partial charge in [-0.2, -0.15) is 0 Å². The number of hydrogen-bond donors (Lipinski definition) is 2. The third kappa shape index (κ3) is 4.43. The second kappa shape index (κ2) is 9.78. The van der Waals surface area contributed by atoms with Gasteiger partial charge in [0.2, 0.25) is 0 Å². The van der Waals surface area contributed by atoms with Gasteiger partial charge in [-0.15, -0.1) is 0 Å². The molecular weight excluding hydrogens is 438 g/mol. The van der Waals surface area contributed by atoms with E-state index in [9.17, 15) is 14.7 Å². The summed E-state index contributed by atoms with van der Waals surface area (Å²) in [5.74, 6) is 1.06. The Morgan fingerprint density at radius 3 is 2.40 bits per heavy atom. The number of aliphatic hydroxyl groups is 1. The van der Waals surface area contributed by atoms with Crippen LogP contribution in [0.1, 0.15) is 62.1 Å². The van der Waals surface area contributed by atoms with Crippen molar-refractivity contribution in [3.8, 4) is 5.69 Å². The Morgan fingerprint density at radius 1 is 1.06 bits per heavy atom. The molecular formula is C29H33N3O3. The number of aromatic amines is 1. The second-order valence-corrected chi connectivity index (χ2v) is 10.2. The fourth-order valence-corrected chi connectivity index (χ4v) is 6.00. The average molecular weight is 472 g/mol. The minimum absolute atomic E-state index is 0.138. The van der Waals surface area contributed by atoms with Gasteiger partial charge in [0.05, 0.1) is 17.9 Å². The zero-order valence-corrected chi connectivity index (χ0v) is 20.4. The molecule has 0 bridgehead atoms. The van der Waals surface area contributed by atoms with Gasteiger partial charge in [-0.3, -0.25) is 9.78 Å². The topological polar surface area (TPSA) is 87.5 Å². The van der Waals surface area contributed by atoms with E-state index in [1.165, 1.54) is 35.8 Å². The quantitative estimate of drug-likeness (QED) is 0.544. The summed E-state index contributed by atoms with van der Waals surface area (Å²) in [5.41, 5.74) is 2.99. The molecule has 182 valence electrons. The van der Waals surface area contributed by atoms with Gasteiger partial charge in [0.15, 0.2) is 5.82 Å². The summed E-state index contributed by atoms with van der Waals surface area (Å²) >= 11 is 0. The van der Waals surface area contributed by atoms with Gasteiger partial charge in [0.1, 0.15) is 0 Å². The molecule has 1 aliphatic heterocycles. The summed E-state index contributed by atoms with van der Waals surface area (Å²) in [5, 5.41) is 10.2. The van der Waals surface area contributed by atoms with Crippen LogP contribution in [-0.2, 0) is 6.42 Å². The van der Waals surface area contributed by atoms with E-state index in [1.807, 2.05) is 49.4 Å². The molecule has 3 aromatic rings. The molecule has 1 aromatic heterocycles. The monoisotopic (exact) mass is 471 g/mol. The van der Waals surface area contributed by atoms with E-state index < -0.39 is 17.2 Å². The number of aliphatic hydroxyl groups excluding tert-OH is 1. The van der Waals surface area contributed by atoms with Crippen LogP contribution in [0.15, 0.2) is 69.2 Å². The molecule has 3 atom stereocenters. The predicted octanol–water partition coefficient (Wildman–Crippen LogP) is 4.74. The summed E-state index contributed by atoms with van der Waals surface area (Å²) in [7, 11) is 0. The van der Waals surface area contributed by atoms with Crippen molar-refractivity contribution in [1.29, 1.82) is 0 Å². The Labute approximate surface area is 205 Å². The van der Waals surface area contributed by atoms with E-state index in [0.717, 1.165) is 17.9 Å². The van der Waals surface area contributed by atoms with Gasteiger partial charge in [-0.25, -0.2) is 14.4 Å². The van der Waals surface area contributed by atoms with Gasteiger partial charge >= 0.3 is 5.69 Å². The highest BCUT2D eigenvalue weighted by atomic mass is 16.3. The van der Waals surface area contributed by atoms with Crippen molar-refractivity contribution >= 4 is 11.5 Å². The smallest absolute Gasteiger partial charge is 0.334 e. The predicted molar refractivity (Wildman–Crippen MR) is 139 cm³/mol. The van der Waals surface area contributed by atoms with E-state index >= 15 is 0 Å². The van der Waals surface area contributed by atoms with E-state index in [0.29, 0.717) is 28.7 Å². The number of aliphatic imine (C=N–C) groups is 1. The largest absolute Gasteiger partial charge is 0.396 e. The molecule has 0 amide bonds. The Kier molecular flexibility index (Phi) is 6.56. The highest BCUT2D eigenvalue weighted by molar-refractivity contribution is 5.90. The average Bonchev–Trinajstić information content (AvgIpc) is 3.40. The Hall–Kier alpha value is -3.25. The Bertz CT molecular complexity index is 1330. The summed E-state index contributed by atoms with van der Waals surface area (Å²) < 4.78 is 1.49. The molecule has 0 spiro atoms. The first-order valence-electron chi connectivity index (χ1n) is 12.7. The van der Waals surface area contributed by atoms with Crippen LogP contribution in [0.4, 0.5) is 5.82 Å². The Balaban J connectivity index is 1.57. The summed E-state index contributed by atoms with van der Waals surface area (Å²) in [6.07, 6.45) is 6.36. The third-order valence-electron chi connectivity index (χ3n) is 7.97. The summed E-state index contributed by atoms with van der Waals surface area (Å²) in [6, 6.07) is 17.7. The van der Waals surface area contributed by atoms with Crippen molar-refractivity contribution in [2.45, 2.75) is 51.9 Å². The molecule has 6 nitrogen and oxygen atoms in total. The number of hydrogen-bond acceptors (Lipinski definition) is 4. The lowest BCUT2D eigenvalue weighted by molar-refractivity contribution is 0.249. The van der Waals surface area contributed by atoms with Gasteiger partial charge < -0.3 is 5.11 Å². The van der Waals surface area contributed by atoms with Crippen LogP contribution in [0.25, 0.3) is 5.69 Å². The highest BCUT2D eigenvalue weighted by Gasteiger charge is 2.36. The van der Waals surface area contributed by atoms with Gasteiger partial charge in [0.25, 0.3) is 5.56 Å². The van der Waals surface area contributed by atoms with Gasteiger partial charge in [-0.05, 0) is 48.4 Å². The van der Waals surface area contributed by atoms with Crippen LogP contribution in [0, 0.1) is 17.8 Å². The second-order valence-electron chi connectivity index (χ2n) is 10.2. The lowest BCUT2D eigenvalue weighted by Crippen LogP contribution is -2.38. The maximum absolute atomic E-state index is 13.1. The van der Waals surface area contributed by atoms with Crippen LogP contribution in [0.2, 0.25) is 0 Å². The molecule has 6 heteroatoms. The number of fused-ring (bicyclic) bond motifs is 1. The van der Waals surface area contributed by atoms with Crippen LogP contribution in [-0.4, -0.2) is 27.0 Å². The molecule has 2 heterocycles. The van der Waals surface area contributed by atoms with E-state index in [1.54, 1.807) is 0 Å². The minimum Gasteiger partial charge on any atom is -0.396 e. The van der Waals surface area contributed by atoms with Crippen molar-refractivity contribution in [1.82, 2.24) is 9.55 Å². The van der Waals surface area contributed by atoms with Crippen molar-refractivity contribution in [3.05, 3.63) is 92.1 Å². The van der Waals surface area contributed by atoms with Crippen LogP contribution in [0.3, 0.4) is 0 Å². The van der Waals surface area contributed by atoms with Crippen molar-refractivity contribution in [2.24, 2.45) is 22.7 Å². The third-order valence-corrected chi connectivity index (χ3v) is 7.97. The molecule has 2 N–H and O–H groups in total. The van der Waals surface area contributed by atoms with Crippen LogP contribution in [0.5, 0.6) is 0 Å². The lowest BCUT2D eigenvalue weighted by atomic mass is 9.77. The minimum atomic E-state index is -0.508. The van der Waals surface area contributed by atoms with Gasteiger partial charge in [-0.1, -0.05) is 75.1 Å². The molecule has 5 rings (SSSR count). The first-order chi connectivity index (χ1) is 17.0. The van der Waals surface area contributed by atoms with Crippen molar-refractivity contribution < 1.29 is 5.11 Å². The van der Waals surface area contributed by atoms with Crippen LogP contribution >= 0.6 is 0 Å². The van der Waals surface area contributed by atoms with E-state index in [4.69, 9.17) is 4.99 Å². The number of H-pyrrole nitrogens is 1. The SMILES string of the molecule is CC1=Nc2c(c(=O)[nH]c(=O)n2-c2ccc(CC(C)C3CCCC3)cc2)C(c2ccccc2)C1CO. The van der Waals surface area contributed by atoms with Crippen molar-refractivity contribution in [2.75, 3.05) is 6.61 Å². The molecule has 0 saturated heterocycles. The first kappa shape index (κ1) is 23.5. The van der Waals surface area contributed by atoms with E-state index in [-0.39, 0.29) is 12.5 Å². The molecule has 3 unspecified atom stereocenters. The standard InChI is InChI=1S/C29H33N3O3/c1-18(21-8-6-7-9-21)16-20-12-14-23(15-13-20)32-27-26(28(34)31-29(32)35)25(22-10-4-3-5-11-22)24(17-33)19(2)30-27/h3-5,10-15,18,21,24-25,33H,6-9,16-17H2,1-2H3,(H,31,34,35). The number of aromatic nitrogens is 2. The molecule has 2 aliphatic rings. The highest BCUT2D eigenvalue weighted by Crippen LogP contribution is 2.40. The zero-order valence-electron chi connectivity index (χ0n) is 20.4. The van der Waals surface area contributed by atoms with Crippen molar-refractivity contribution in [3.63, 3.8) is 0 Å². The van der Waals surface area contributed by atoms with Crippen LogP contribution < -0.4 is 11.2 Å². The zero-order chi connectivity index (χ0) is 24.5. The number of rotatable bonds is 6. The van der Waals surface area contributed by atoms with Gasteiger partial charge in [0, 0.05) is 17.5 Å². The number of nitrogens with zero attached hydrogens (tertiary/aromatic N) is 2. The maximum atomic E-state index is 13.1. The van der Waals surface area contributed by atoms with E-state index in [2.05, 4.69) is 24.0 Å². The number of nitrogens with one attached hydrogen (secondary N) is 1. The fourth-order valence-electron chi connectivity index (χ4n) is 6.00. The fraction of sp³-hybridized carbons (Fsp3) is 0.414. The first-order valence-corrected chi connectivity index (χ1v) is 12.7. The molecule has 2 aromatic carbocycles. The summed E-state index contributed by atoms with van der Waals surface area (Å²) in [6.45, 7) is 4.05. The molecule has 0 radical (unpaired) electrons. The molecule has 1 fully saturated rings. The normalized spacial score (nSPS) is 20.9. The molecule has 35 heavy (non-hydrogen) atoms. The summed E-state index contributed by atoms with van der Waals surface area (Å²) in [4.78, 5) is 33.3. The maximum Gasteiger partial charge on any atom is 0.334 e. The lowest BCUT2D eigenvalue weighted by Gasteiger charge is -2.31. The molecule has 1 aliphatic carbocycles.